The van der Waals surface area contributed by atoms with Crippen molar-refractivity contribution in [3.63, 3.8) is 0 Å². The van der Waals surface area contributed by atoms with E-state index in [4.69, 9.17) is 0 Å². The van der Waals surface area contributed by atoms with Gasteiger partial charge in [-0.2, -0.15) is 0 Å². The molecule has 0 N–H and O–H groups in total. The van der Waals surface area contributed by atoms with E-state index in [9.17, 15) is 0 Å². The van der Waals surface area contributed by atoms with Crippen LogP contribution in [-0.2, 0) is 19.5 Å². The summed E-state index contributed by atoms with van der Waals surface area (Å²) in [5.74, 6) is 1.48. The Kier molecular flexibility index (Phi) is 5.85. The topological polar surface area (TPSA) is 8.81 Å². The highest BCUT2D eigenvalue weighted by atomic mass is 15.1. The molecule has 2 heteroatoms. The summed E-state index contributed by atoms with van der Waals surface area (Å²) in [6.07, 6.45) is 10.7. The van der Waals surface area contributed by atoms with Crippen molar-refractivity contribution in [2.24, 2.45) is 0 Å². The van der Waals surface area contributed by atoms with Crippen molar-refractivity contribution in [2.45, 2.75) is 59.0 Å². The average Bonchev–Trinajstić information content (AvgIpc) is 2.86. The van der Waals surface area contributed by atoms with Crippen molar-refractivity contribution in [3.8, 4) is 0 Å². The Labute approximate surface area is 123 Å². The van der Waals surface area contributed by atoms with Gasteiger partial charge in [0.05, 0.1) is 6.54 Å². The summed E-state index contributed by atoms with van der Waals surface area (Å²) in [5.41, 5.74) is 1.38. The third-order valence-corrected chi connectivity index (χ3v) is 3.79. The van der Waals surface area contributed by atoms with Crippen LogP contribution in [0.4, 0.5) is 0 Å². The Hall–Kier alpha value is -1.57. The van der Waals surface area contributed by atoms with E-state index in [-0.39, 0.29) is 0 Å². The van der Waals surface area contributed by atoms with Gasteiger partial charge in [-0.15, -0.1) is 0 Å². The van der Waals surface area contributed by atoms with Gasteiger partial charge in [-0.05, 0) is 18.4 Å². The Bertz CT molecular complexity index is 499. The predicted octanol–water partition coefficient (Wildman–Crippen LogP) is 3.97. The van der Waals surface area contributed by atoms with Gasteiger partial charge >= 0.3 is 0 Å². The average molecular weight is 271 g/mol. The fourth-order valence-corrected chi connectivity index (χ4v) is 2.58. The maximum atomic E-state index is 2.45. The molecule has 1 heterocycles. The molecule has 0 fully saturated rings. The molecule has 0 aliphatic rings. The first-order valence-corrected chi connectivity index (χ1v) is 7.96. The lowest BCUT2D eigenvalue weighted by molar-refractivity contribution is -0.704. The molecule has 1 aromatic heterocycles. The molecule has 2 nitrogen and oxygen atoms in total. The number of hydrogen-bond donors (Lipinski definition) is 0. The molecule has 1 aromatic carbocycles. The van der Waals surface area contributed by atoms with Gasteiger partial charge in [-0.1, -0.05) is 57.0 Å². The minimum absolute atomic E-state index is 0.985. The van der Waals surface area contributed by atoms with E-state index in [0.29, 0.717) is 0 Å². The van der Waals surface area contributed by atoms with E-state index in [1.807, 2.05) is 0 Å². The summed E-state index contributed by atoms with van der Waals surface area (Å²) in [6.45, 7) is 6.66. The summed E-state index contributed by atoms with van der Waals surface area (Å²) in [5, 5.41) is 0. The van der Waals surface area contributed by atoms with E-state index in [0.717, 1.165) is 13.1 Å². The van der Waals surface area contributed by atoms with Crippen LogP contribution in [0, 0.1) is 0 Å². The molecule has 0 spiro atoms. The molecule has 0 saturated carbocycles. The monoisotopic (exact) mass is 271 g/mol. The van der Waals surface area contributed by atoms with Gasteiger partial charge < -0.3 is 0 Å². The number of hydrogen-bond acceptors (Lipinski definition) is 0. The second-order valence-electron chi connectivity index (χ2n) is 5.48. The number of aryl methyl sites for hydroxylation is 1. The lowest BCUT2D eigenvalue weighted by atomic mass is 10.2. The quantitative estimate of drug-likeness (QED) is 0.642. The van der Waals surface area contributed by atoms with Crippen LogP contribution in [-0.4, -0.2) is 4.57 Å². The van der Waals surface area contributed by atoms with Crippen LogP contribution >= 0.6 is 0 Å². The number of unbranched alkanes of at least 4 members (excludes halogenated alkanes) is 2. The predicted molar refractivity (Wildman–Crippen MR) is 83.7 cm³/mol. The van der Waals surface area contributed by atoms with Crippen LogP contribution in [0.2, 0.25) is 0 Å². The molecule has 0 atom stereocenters. The number of aromatic nitrogens is 2. The molecule has 0 amide bonds. The van der Waals surface area contributed by atoms with Crippen molar-refractivity contribution in [1.29, 1.82) is 0 Å². The van der Waals surface area contributed by atoms with Gasteiger partial charge in [-0.25, -0.2) is 9.13 Å². The van der Waals surface area contributed by atoms with Gasteiger partial charge in [0, 0.05) is 6.42 Å². The summed E-state index contributed by atoms with van der Waals surface area (Å²) in [7, 11) is 0. The number of benzene rings is 1. The molecule has 0 unspecified atom stereocenters. The zero-order valence-electron chi connectivity index (χ0n) is 12.9. The van der Waals surface area contributed by atoms with Crippen molar-refractivity contribution in [2.75, 3.05) is 0 Å². The lowest BCUT2D eigenvalue weighted by Crippen LogP contribution is -2.37. The highest BCUT2D eigenvalue weighted by molar-refractivity contribution is 5.15. The van der Waals surface area contributed by atoms with Crippen molar-refractivity contribution in [3.05, 3.63) is 54.1 Å². The molecule has 2 aromatic rings. The summed E-state index contributed by atoms with van der Waals surface area (Å²) in [4.78, 5) is 0. The summed E-state index contributed by atoms with van der Waals surface area (Å²) in [6, 6.07) is 10.7. The zero-order chi connectivity index (χ0) is 14.2. The van der Waals surface area contributed by atoms with Crippen LogP contribution in [0.5, 0.6) is 0 Å². The van der Waals surface area contributed by atoms with E-state index in [1.165, 1.54) is 43.5 Å². The maximum Gasteiger partial charge on any atom is 0.256 e. The molecular formula is C18H27N2+. The highest BCUT2D eigenvalue weighted by Crippen LogP contribution is 2.08. The fraction of sp³-hybridized carbons (Fsp3) is 0.500. The largest absolute Gasteiger partial charge is 0.256 e. The Morgan fingerprint density at radius 3 is 2.45 bits per heavy atom. The van der Waals surface area contributed by atoms with Crippen LogP contribution in [0.15, 0.2) is 42.7 Å². The molecular weight excluding hydrogens is 244 g/mol. The van der Waals surface area contributed by atoms with Gasteiger partial charge in [-0.3, -0.25) is 0 Å². The van der Waals surface area contributed by atoms with Crippen molar-refractivity contribution < 1.29 is 4.57 Å². The van der Waals surface area contributed by atoms with E-state index in [2.05, 4.69) is 65.7 Å². The molecule has 20 heavy (non-hydrogen) atoms. The van der Waals surface area contributed by atoms with Gasteiger partial charge in [0.15, 0.2) is 0 Å². The van der Waals surface area contributed by atoms with Gasteiger partial charge in [0.1, 0.15) is 18.9 Å². The van der Waals surface area contributed by atoms with Crippen molar-refractivity contribution in [1.82, 2.24) is 4.57 Å². The van der Waals surface area contributed by atoms with Crippen LogP contribution in [0.1, 0.15) is 50.9 Å². The minimum atomic E-state index is 0.985. The summed E-state index contributed by atoms with van der Waals surface area (Å²) >= 11 is 0. The molecule has 0 aliphatic carbocycles. The third kappa shape index (κ3) is 3.96. The summed E-state index contributed by atoms with van der Waals surface area (Å²) < 4.78 is 4.86. The van der Waals surface area contributed by atoms with Crippen LogP contribution < -0.4 is 4.57 Å². The molecule has 0 radical (unpaired) electrons. The van der Waals surface area contributed by atoms with E-state index < -0.39 is 0 Å². The Morgan fingerprint density at radius 1 is 1.00 bits per heavy atom. The normalized spacial score (nSPS) is 10.9. The second kappa shape index (κ2) is 7.88. The number of imidazole rings is 1. The van der Waals surface area contributed by atoms with E-state index in [1.54, 1.807) is 0 Å². The SMILES string of the molecule is CCCCc1n(Cc2ccccc2)cc[n+]1CCCC. The van der Waals surface area contributed by atoms with Gasteiger partial charge in [0.25, 0.3) is 5.82 Å². The van der Waals surface area contributed by atoms with Gasteiger partial charge in [0.2, 0.25) is 0 Å². The molecule has 108 valence electrons. The number of rotatable bonds is 8. The Morgan fingerprint density at radius 2 is 1.75 bits per heavy atom. The third-order valence-electron chi connectivity index (χ3n) is 3.79. The fourth-order valence-electron chi connectivity index (χ4n) is 2.58. The highest BCUT2D eigenvalue weighted by Gasteiger charge is 2.16. The lowest BCUT2D eigenvalue weighted by Gasteiger charge is -2.05. The van der Waals surface area contributed by atoms with E-state index >= 15 is 0 Å². The molecule has 0 aliphatic heterocycles. The molecule has 0 saturated heterocycles. The van der Waals surface area contributed by atoms with Crippen LogP contribution in [0.25, 0.3) is 0 Å². The zero-order valence-corrected chi connectivity index (χ0v) is 12.9. The first-order valence-electron chi connectivity index (χ1n) is 7.96. The standard InChI is InChI=1S/C18H27N2/c1-3-5-12-18-19(13-6-4-2)14-15-20(18)16-17-10-8-7-9-11-17/h7-11,14-15H,3-6,12-13,16H2,1-2H3/q+1. The number of nitrogens with zero attached hydrogens (tertiary/aromatic N) is 2. The first-order chi connectivity index (χ1) is 9.85. The Balaban J connectivity index is 2.16. The van der Waals surface area contributed by atoms with Crippen molar-refractivity contribution >= 4 is 0 Å². The van der Waals surface area contributed by atoms with Crippen LogP contribution in [0.3, 0.4) is 0 Å². The first kappa shape index (κ1) is 14.8. The molecule has 2 rings (SSSR count). The minimum Gasteiger partial charge on any atom is -0.234 e. The molecule has 0 bridgehead atoms. The smallest absolute Gasteiger partial charge is 0.234 e. The maximum absolute atomic E-state index is 2.45. The second-order valence-corrected chi connectivity index (χ2v) is 5.48.